The Hall–Kier alpha value is -2.98. The van der Waals surface area contributed by atoms with Crippen molar-refractivity contribution in [2.75, 3.05) is 45.2 Å². The molecule has 10 heteroatoms. The fourth-order valence-corrected chi connectivity index (χ4v) is 3.87. The number of likely N-dealkylation sites (N-methyl/N-ethyl adjacent to an activating group) is 1. The Bertz CT molecular complexity index is 837. The summed E-state index contributed by atoms with van der Waals surface area (Å²) in [6.07, 6.45) is 1.54. The minimum absolute atomic E-state index is 0.160. The van der Waals surface area contributed by atoms with E-state index in [4.69, 9.17) is 10.5 Å². The molecule has 10 nitrogen and oxygen atoms in total. The zero-order chi connectivity index (χ0) is 21.7. The lowest BCUT2D eigenvalue weighted by atomic mass is 9.76. The second kappa shape index (κ2) is 9.23. The second-order valence-electron chi connectivity index (χ2n) is 7.66. The summed E-state index contributed by atoms with van der Waals surface area (Å²) in [4.78, 5) is 50.0. The minimum Gasteiger partial charge on any atom is -0.381 e. The maximum absolute atomic E-state index is 12.7. The lowest BCUT2D eigenvalue weighted by Crippen LogP contribution is -2.44. The highest BCUT2D eigenvalue weighted by Gasteiger charge is 2.47. The molecule has 2 aliphatic rings. The largest absolute Gasteiger partial charge is 0.381 e. The predicted octanol–water partition coefficient (Wildman–Crippen LogP) is -0.933. The quantitative estimate of drug-likeness (QED) is 0.466. The maximum Gasteiger partial charge on any atom is 0.313 e. The van der Waals surface area contributed by atoms with Gasteiger partial charge < -0.3 is 31.3 Å². The van der Waals surface area contributed by atoms with Gasteiger partial charge >= 0.3 is 11.8 Å². The van der Waals surface area contributed by atoms with Crippen LogP contribution in [0.4, 0.5) is 5.69 Å². The number of ether oxygens (including phenoxy) is 1. The molecule has 0 saturated carbocycles. The van der Waals surface area contributed by atoms with Gasteiger partial charge in [0.1, 0.15) is 0 Å². The molecule has 1 spiro atoms. The summed E-state index contributed by atoms with van der Waals surface area (Å²) in [5.74, 6) is -2.23. The van der Waals surface area contributed by atoms with Crippen molar-refractivity contribution in [3.63, 3.8) is 0 Å². The number of carbonyl (C=O) groups excluding carboxylic acids is 4. The van der Waals surface area contributed by atoms with Crippen molar-refractivity contribution < 1.29 is 23.9 Å². The van der Waals surface area contributed by atoms with Gasteiger partial charge in [-0.1, -0.05) is 6.07 Å². The molecule has 3 rings (SSSR count). The van der Waals surface area contributed by atoms with Gasteiger partial charge in [0.25, 0.3) is 5.91 Å². The fraction of sp³-hybridized carbons (Fsp3) is 0.500. The summed E-state index contributed by atoms with van der Waals surface area (Å²) in [6, 6.07) is 5.96. The van der Waals surface area contributed by atoms with Gasteiger partial charge in [0, 0.05) is 56.1 Å². The Morgan fingerprint density at radius 1 is 1.23 bits per heavy atom. The van der Waals surface area contributed by atoms with Crippen LogP contribution in [0, 0.1) is 5.41 Å². The van der Waals surface area contributed by atoms with Gasteiger partial charge in [-0.2, -0.15) is 0 Å². The molecular formula is C20H27N5O5. The van der Waals surface area contributed by atoms with Gasteiger partial charge in [0.2, 0.25) is 5.91 Å². The van der Waals surface area contributed by atoms with Gasteiger partial charge in [-0.25, -0.2) is 0 Å². The summed E-state index contributed by atoms with van der Waals surface area (Å²) in [5.41, 5.74) is 6.66. The van der Waals surface area contributed by atoms with Crippen LogP contribution in [0.5, 0.6) is 0 Å². The molecule has 0 radical (unpaired) electrons. The molecular weight excluding hydrogens is 390 g/mol. The van der Waals surface area contributed by atoms with E-state index < -0.39 is 17.7 Å². The van der Waals surface area contributed by atoms with Crippen LogP contribution in [-0.2, 0) is 19.1 Å². The average Bonchev–Trinajstić information content (AvgIpc) is 3.07. The zero-order valence-corrected chi connectivity index (χ0v) is 16.9. The number of hydrogen-bond acceptors (Lipinski definition) is 6. The molecule has 2 aliphatic heterocycles. The molecule has 2 heterocycles. The van der Waals surface area contributed by atoms with Crippen molar-refractivity contribution in [3.8, 4) is 0 Å². The van der Waals surface area contributed by atoms with Gasteiger partial charge in [-0.3, -0.25) is 19.2 Å². The number of benzene rings is 1. The number of rotatable bonds is 4. The smallest absolute Gasteiger partial charge is 0.313 e. The van der Waals surface area contributed by atoms with Crippen LogP contribution in [0.25, 0.3) is 0 Å². The first-order chi connectivity index (χ1) is 14.3. The third kappa shape index (κ3) is 4.77. The van der Waals surface area contributed by atoms with Gasteiger partial charge in [0.05, 0.1) is 6.54 Å². The first kappa shape index (κ1) is 21.7. The van der Waals surface area contributed by atoms with Crippen LogP contribution >= 0.6 is 0 Å². The Morgan fingerprint density at radius 3 is 2.67 bits per heavy atom. The average molecular weight is 417 g/mol. The molecule has 1 atom stereocenters. The SMILES string of the molecule is CNC(=O)CNC(=O)c1cccc(NC(=O)C(=O)N2CC(N)C3(CCOCC3)C2)c1. The fourth-order valence-electron chi connectivity index (χ4n) is 3.87. The molecule has 2 fully saturated rings. The molecule has 4 amide bonds. The first-order valence-electron chi connectivity index (χ1n) is 9.87. The van der Waals surface area contributed by atoms with Crippen LogP contribution in [0.3, 0.4) is 0 Å². The summed E-state index contributed by atoms with van der Waals surface area (Å²) in [5, 5.41) is 7.42. The van der Waals surface area contributed by atoms with E-state index in [0.717, 1.165) is 12.8 Å². The second-order valence-corrected chi connectivity index (χ2v) is 7.66. The third-order valence-corrected chi connectivity index (χ3v) is 5.75. The Morgan fingerprint density at radius 2 is 1.97 bits per heavy atom. The zero-order valence-electron chi connectivity index (χ0n) is 16.9. The van der Waals surface area contributed by atoms with Gasteiger partial charge in [-0.05, 0) is 31.0 Å². The van der Waals surface area contributed by atoms with E-state index in [-0.39, 0.29) is 29.5 Å². The van der Waals surface area contributed by atoms with E-state index in [0.29, 0.717) is 32.0 Å². The molecule has 0 aliphatic carbocycles. The number of nitrogens with two attached hydrogens (primary N) is 1. The number of hydrogen-bond donors (Lipinski definition) is 4. The number of anilines is 1. The van der Waals surface area contributed by atoms with Crippen molar-refractivity contribution in [1.82, 2.24) is 15.5 Å². The lowest BCUT2D eigenvalue weighted by Gasteiger charge is -2.36. The molecule has 1 aromatic rings. The van der Waals surface area contributed by atoms with Crippen LogP contribution in [0.2, 0.25) is 0 Å². The highest BCUT2D eigenvalue weighted by molar-refractivity contribution is 6.39. The van der Waals surface area contributed by atoms with Crippen LogP contribution in [0.15, 0.2) is 24.3 Å². The maximum atomic E-state index is 12.7. The molecule has 30 heavy (non-hydrogen) atoms. The summed E-state index contributed by atoms with van der Waals surface area (Å²) >= 11 is 0. The molecule has 1 aromatic carbocycles. The highest BCUT2D eigenvalue weighted by Crippen LogP contribution is 2.39. The third-order valence-electron chi connectivity index (χ3n) is 5.75. The molecule has 162 valence electrons. The standard InChI is InChI=1S/C20H27N5O5/c1-22-16(26)10-23-17(27)13-3-2-4-14(9-13)24-18(28)19(29)25-11-15(21)20(12-25)5-7-30-8-6-20/h2-4,9,15H,5-8,10-12,21H2,1H3,(H,22,26)(H,23,27)(H,24,28). The van der Waals surface area contributed by atoms with Crippen molar-refractivity contribution in [2.24, 2.45) is 11.1 Å². The normalized spacial score (nSPS) is 19.9. The topological polar surface area (TPSA) is 143 Å². The van der Waals surface area contributed by atoms with Gasteiger partial charge in [-0.15, -0.1) is 0 Å². The van der Waals surface area contributed by atoms with Crippen molar-refractivity contribution in [3.05, 3.63) is 29.8 Å². The highest BCUT2D eigenvalue weighted by atomic mass is 16.5. The molecule has 0 aromatic heterocycles. The van der Waals surface area contributed by atoms with Crippen molar-refractivity contribution in [2.45, 2.75) is 18.9 Å². The van der Waals surface area contributed by atoms with Crippen molar-refractivity contribution >= 4 is 29.3 Å². The van der Waals surface area contributed by atoms with Crippen molar-refractivity contribution in [1.29, 1.82) is 0 Å². The molecule has 0 bridgehead atoms. The van der Waals surface area contributed by atoms with Gasteiger partial charge in [0.15, 0.2) is 0 Å². The van der Waals surface area contributed by atoms with Crippen LogP contribution in [0.1, 0.15) is 23.2 Å². The number of likely N-dealkylation sites (tertiary alicyclic amines) is 1. The van der Waals surface area contributed by atoms with E-state index in [2.05, 4.69) is 16.0 Å². The Kier molecular flexibility index (Phi) is 6.68. The molecule has 5 N–H and O–H groups in total. The summed E-state index contributed by atoms with van der Waals surface area (Å²) in [6.45, 7) is 1.82. The lowest BCUT2D eigenvalue weighted by molar-refractivity contribution is -0.142. The van der Waals surface area contributed by atoms with E-state index in [9.17, 15) is 19.2 Å². The monoisotopic (exact) mass is 417 g/mol. The predicted molar refractivity (Wildman–Crippen MR) is 109 cm³/mol. The van der Waals surface area contributed by atoms with E-state index in [1.807, 2.05) is 0 Å². The Labute approximate surface area is 174 Å². The van der Waals surface area contributed by atoms with E-state index >= 15 is 0 Å². The Balaban J connectivity index is 1.60. The number of carbonyl (C=O) groups is 4. The number of nitrogens with zero attached hydrogens (tertiary/aromatic N) is 1. The molecule has 1 unspecified atom stereocenters. The number of nitrogens with one attached hydrogen (secondary N) is 3. The van der Waals surface area contributed by atoms with E-state index in [1.54, 1.807) is 18.2 Å². The molecule has 2 saturated heterocycles. The summed E-state index contributed by atoms with van der Waals surface area (Å²) < 4.78 is 5.40. The van der Waals surface area contributed by atoms with E-state index in [1.165, 1.54) is 18.0 Å². The van der Waals surface area contributed by atoms with Crippen LogP contribution in [-0.4, -0.2) is 74.5 Å². The number of amides is 4. The minimum atomic E-state index is -0.783. The first-order valence-corrected chi connectivity index (χ1v) is 9.87. The van der Waals surface area contributed by atoms with Crippen LogP contribution < -0.4 is 21.7 Å². The summed E-state index contributed by atoms with van der Waals surface area (Å²) in [7, 11) is 1.47.